The van der Waals surface area contributed by atoms with Gasteiger partial charge in [-0.1, -0.05) is 12.1 Å². The first-order valence-corrected chi connectivity index (χ1v) is 5.20. The highest BCUT2D eigenvalue weighted by Crippen LogP contribution is 2.13. The highest BCUT2D eigenvalue weighted by Gasteiger charge is 1.96. The first-order valence-electron chi connectivity index (χ1n) is 5.20. The summed E-state index contributed by atoms with van der Waals surface area (Å²) < 4.78 is 5.16. The molecule has 0 spiro atoms. The summed E-state index contributed by atoms with van der Waals surface area (Å²) in [4.78, 5) is 0. The van der Waals surface area contributed by atoms with E-state index in [4.69, 9.17) is 10.00 Å². The molecule has 0 radical (unpaired) electrons. The van der Waals surface area contributed by atoms with E-state index in [1.54, 1.807) is 12.4 Å². The summed E-state index contributed by atoms with van der Waals surface area (Å²) >= 11 is 0. The Balaban J connectivity index is 1.88. The molecule has 2 rings (SSSR count). The van der Waals surface area contributed by atoms with Gasteiger partial charge in [-0.25, -0.2) is 0 Å². The molecule has 1 aromatic heterocycles. The molecule has 0 fully saturated rings. The van der Waals surface area contributed by atoms with Crippen molar-refractivity contribution in [1.82, 2.24) is 10.2 Å². The van der Waals surface area contributed by atoms with Crippen LogP contribution in [0.3, 0.4) is 0 Å². The SMILES string of the molecule is N#CCOc1ccc(CNc2cn[nH]c2)cc1. The molecule has 0 saturated heterocycles. The Bertz CT molecular complexity index is 484. The van der Waals surface area contributed by atoms with Crippen LogP contribution in [0.5, 0.6) is 5.75 Å². The molecule has 0 unspecified atom stereocenters. The number of aromatic amines is 1. The molecule has 0 bridgehead atoms. The fourth-order valence-corrected chi connectivity index (χ4v) is 1.37. The van der Waals surface area contributed by atoms with Crippen molar-refractivity contribution < 1.29 is 4.74 Å². The van der Waals surface area contributed by atoms with Crippen LogP contribution >= 0.6 is 0 Å². The topological polar surface area (TPSA) is 73.7 Å². The Morgan fingerprint density at radius 3 is 2.82 bits per heavy atom. The van der Waals surface area contributed by atoms with Crippen LogP contribution in [0.4, 0.5) is 5.69 Å². The molecule has 0 atom stereocenters. The number of aromatic nitrogens is 2. The highest BCUT2D eigenvalue weighted by atomic mass is 16.5. The minimum Gasteiger partial charge on any atom is -0.479 e. The Labute approximate surface area is 99.0 Å². The summed E-state index contributed by atoms with van der Waals surface area (Å²) in [5.41, 5.74) is 2.09. The van der Waals surface area contributed by atoms with E-state index in [1.807, 2.05) is 30.3 Å². The molecule has 17 heavy (non-hydrogen) atoms. The second-order valence-electron chi connectivity index (χ2n) is 3.43. The van der Waals surface area contributed by atoms with Crippen LogP contribution in [0.25, 0.3) is 0 Å². The first-order chi connectivity index (χ1) is 8.38. The Hall–Kier alpha value is -2.48. The molecule has 0 aliphatic rings. The average Bonchev–Trinajstić information content (AvgIpc) is 2.88. The van der Waals surface area contributed by atoms with Crippen LogP contribution < -0.4 is 10.1 Å². The molecule has 0 aliphatic carbocycles. The number of hydrogen-bond acceptors (Lipinski definition) is 4. The fraction of sp³-hybridized carbons (Fsp3) is 0.167. The van der Waals surface area contributed by atoms with Crippen LogP contribution in [0.2, 0.25) is 0 Å². The van der Waals surface area contributed by atoms with E-state index in [1.165, 1.54) is 0 Å². The van der Waals surface area contributed by atoms with Crippen molar-refractivity contribution in [3.63, 3.8) is 0 Å². The molecule has 1 aromatic carbocycles. The van der Waals surface area contributed by atoms with E-state index < -0.39 is 0 Å². The molecule has 0 aliphatic heterocycles. The lowest BCUT2D eigenvalue weighted by molar-refractivity contribution is 0.368. The van der Waals surface area contributed by atoms with E-state index in [0.717, 1.165) is 17.8 Å². The van der Waals surface area contributed by atoms with Crippen LogP contribution in [0.1, 0.15) is 5.56 Å². The van der Waals surface area contributed by atoms with Crippen LogP contribution in [-0.4, -0.2) is 16.8 Å². The lowest BCUT2D eigenvalue weighted by atomic mass is 10.2. The van der Waals surface area contributed by atoms with E-state index >= 15 is 0 Å². The molecule has 0 saturated carbocycles. The zero-order valence-electron chi connectivity index (χ0n) is 9.18. The van der Waals surface area contributed by atoms with Crippen LogP contribution in [-0.2, 0) is 6.54 Å². The number of nitriles is 1. The highest BCUT2D eigenvalue weighted by molar-refractivity contribution is 5.39. The average molecular weight is 228 g/mol. The van der Waals surface area contributed by atoms with Gasteiger partial charge >= 0.3 is 0 Å². The maximum Gasteiger partial charge on any atom is 0.174 e. The predicted molar refractivity (Wildman–Crippen MR) is 63.5 cm³/mol. The van der Waals surface area contributed by atoms with E-state index in [2.05, 4.69) is 15.5 Å². The monoisotopic (exact) mass is 228 g/mol. The summed E-state index contributed by atoms with van der Waals surface area (Å²) in [6.07, 6.45) is 3.52. The smallest absolute Gasteiger partial charge is 0.174 e. The summed E-state index contributed by atoms with van der Waals surface area (Å²) in [6.45, 7) is 0.796. The van der Waals surface area contributed by atoms with E-state index in [-0.39, 0.29) is 6.61 Å². The molecule has 1 heterocycles. The van der Waals surface area contributed by atoms with Gasteiger partial charge in [-0.05, 0) is 17.7 Å². The van der Waals surface area contributed by atoms with Crippen molar-refractivity contribution in [3.8, 4) is 11.8 Å². The second kappa shape index (κ2) is 5.56. The number of rotatable bonds is 5. The van der Waals surface area contributed by atoms with E-state index in [9.17, 15) is 0 Å². The number of ether oxygens (including phenoxy) is 1. The molecular weight excluding hydrogens is 216 g/mol. The minimum atomic E-state index is 0.0760. The standard InChI is InChI=1S/C12H12N4O/c13-5-6-17-12-3-1-10(2-4-12)7-14-11-8-15-16-9-11/h1-4,8-9,14H,6-7H2,(H,15,16). The molecule has 5 heteroatoms. The lowest BCUT2D eigenvalue weighted by Gasteiger charge is -2.05. The minimum absolute atomic E-state index is 0.0760. The van der Waals surface area contributed by atoms with Crippen LogP contribution in [0.15, 0.2) is 36.7 Å². The lowest BCUT2D eigenvalue weighted by Crippen LogP contribution is -1.98. The van der Waals surface area contributed by atoms with Crippen molar-refractivity contribution in [1.29, 1.82) is 5.26 Å². The van der Waals surface area contributed by atoms with Gasteiger partial charge < -0.3 is 10.1 Å². The van der Waals surface area contributed by atoms with Crippen molar-refractivity contribution in [2.45, 2.75) is 6.54 Å². The van der Waals surface area contributed by atoms with Gasteiger partial charge in [0.1, 0.15) is 11.8 Å². The van der Waals surface area contributed by atoms with Crippen molar-refractivity contribution in [3.05, 3.63) is 42.2 Å². The quantitative estimate of drug-likeness (QED) is 0.820. The number of hydrogen-bond donors (Lipinski definition) is 2. The van der Waals surface area contributed by atoms with Gasteiger partial charge in [0.05, 0.1) is 11.9 Å². The first kappa shape index (κ1) is 11.0. The molecule has 86 valence electrons. The molecule has 2 N–H and O–H groups in total. The molecule has 0 amide bonds. The van der Waals surface area contributed by atoms with Gasteiger partial charge in [0, 0.05) is 12.7 Å². The zero-order valence-corrected chi connectivity index (χ0v) is 9.18. The summed E-state index contributed by atoms with van der Waals surface area (Å²) in [5, 5.41) is 18.2. The largest absolute Gasteiger partial charge is 0.479 e. The third-order valence-corrected chi connectivity index (χ3v) is 2.22. The van der Waals surface area contributed by atoms with Crippen molar-refractivity contribution in [2.75, 3.05) is 11.9 Å². The molecule has 2 aromatic rings. The normalized spacial score (nSPS) is 9.59. The Kier molecular flexibility index (Phi) is 3.61. The van der Waals surface area contributed by atoms with Gasteiger partial charge in [0.25, 0.3) is 0 Å². The fourth-order valence-electron chi connectivity index (χ4n) is 1.37. The third-order valence-electron chi connectivity index (χ3n) is 2.22. The number of benzene rings is 1. The summed E-state index contributed by atoms with van der Waals surface area (Å²) in [6, 6.07) is 9.55. The van der Waals surface area contributed by atoms with Gasteiger partial charge in [-0.15, -0.1) is 0 Å². The van der Waals surface area contributed by atoms with Crippen LogP contribution in [0, 0.1) is 11.3 Å². The summed E-state index contributed by atoms with van der Waals surface area (Å²) in [5.74, 6) is 0.707. The van der Waals surface area contributed by atoms with E-state index in [0.29, 0.717) is 5.75 Å². The third kappa shape index (κ3) is 3.24. The van der Waals surface area contributed by atoms with Crippen molar-refractivity contribution >= 4 is 5.69 Å². The van der Waals surface area contributed by atoms with Gasteiger partial charge in [-0.3, -0.25) is 5.10 Å². The second-order valence-corrected chi connectivity index (χ2v) is 3.43. The summed E-state index contributed by atoms with van der Waals surface area (Å²) in [7, 11) is 0. The maximum atomic E-state index is 8.38. The van der Waals surface area contributed by atoms with Gasteiger partial charge in [-0.2, -0.15) is 10.4 Å². The molecule has 5 nitrogen and oxygen atoms in total. The van der Waals surface area contributed by atoms with Gasteiger partial charge in [0.15, 0.2) is 6.61 Å². The van der Waals surface area contributed by atoms with Crippen molar-refractivity contribution in [2.24, 2.45) is 0 Å². The molecular formula is C12H12N4O. The Morgan fingerprint density at radius 2 is 2.18 bits per heavy atom. The maximum absolute atomic E-state index is 8.38. The number of H-pyrrole nitrogens is 1. The van der Waals surface area contributed by atoms with Gasteiger partial charge in [0.2, 0.25) is 0 Å². The number of anilines is 1. The zero-order chi connectivity index (χ0) is 11.9. The number of nitrogens with one attached hydrogen (secondary N) is 2. The Morgan fingerprint density at radius 1 is 1.35 bits per heavy atom. The number of nitrogens with zero attached hydrogens (tertiary/aromatic N) is 2. The predicted octanol–water partition coefficient (Wildman–Crippen LogP) is 1.92.